The van der Waals surface area contributed by atoms with Crippen LogP contribution in [0.2, 0.25) is 0 Å². The van der Waals surface area contributed by atoms with Gasteiger partial charge in [0, 0.05) is 51.5 Å². The van der Waals surface area contributed by atoms with E-state index in [-0.39, 0.29) is 0 Å². The highest BCUT2D eigenvalue weighted by Crippen LogP contribution is 2.21. The average Bonchev–Trinajstić information content (AvgIpc) is 3.02. The first-order chi connectivity index (χ1) is 10.3. The number of piperazine rings is 1. The number of pyridine rings is 1. The molecule has 1 fully saturated rings. The highest BCUT2D eigenvalue weighted by Gasteiger charge is 2.23. The van der Waals surface area contributed by atoms with Crippen molar-refractivity contribution in [2.24, 2.45) is 5.92 Å². The van der Waals surface area contributed by atoms with Crippen LogP contribution in [0, 0.1) is 5.92 Å². The number of carbonyl (C=O) groups is 1. The summed E-state index contributed by atoms with van der Waals surface area (Å²) in [6.07, 6.45) is 11.1. The second kappa shape index (κ2) is 6.85. The molecule has 4 nitrogen and oxygen atoms in total. The van der Waals surface area contributed by atoms with Crippen molar-refractivity contribution in [2.75, 3.05) is 26.2 Å². The van der Waals surface area contributed by atoms with Crippen molar-refractivity contribution in [1.82, 2.24) is 14.8 Å². The van der Waals surface area contributed by atoms with Crippen molar-refractivity contribution < 1.29 is 4.79 Å². The number of carbonyl (C=O) groups excluding carboxylic acids is 1. The maximum Gasteiger partial charge on any atom is 0.223 e. The summed E-state index contributed by atoms with van der Waals surface area (Å²) in [5.41, 5.74) is 1.29. The van der Waals surface area contributed by atoms with Crippen LogP contribution < -0.4 is 0 Å². The van der Waals surface area contributed by atoms with Gasteiger partial charge in [-0.2, -0.15) is 0 Å². The van der Waals surface area contributed by atoms with Crippen LogP contribution in [0.3, 0.4) is 0 Å². The predicted molar refractivity (Wildman–Crippen MR) is 82.6 cm³/mol. The monoisotopic (exact) mass is 285 g/mol. The Morgan fingerprint density at radius 2 is 1.95 bits per heavy atom. The molecule has 0 saturated carbocycles. The smallest absolute Gasteiger partial charge is 0.223 e. The molecule has 0 aromatic carbocycles. The molecule has 1 unspecified atom stereocenters. The number of aromatic nitrogens is 1. The molecule has 1 aliphatic carbocycles. The number of rotatable bonds is 4. The summed E-state index contributed by atoms with van der Waals surface area (Å²) >= 11 is 0. The topological polar surface area (TPSA) is 36.4 Å². The molecule has 2 aliphatic rings. The summed E-state index contributed by atoms with van der Waals surface area (Å²) in [5.74, 6) is 0.808. The van der Waals surface area contributed by atoms with E-state index in [0.29, 0.717) is 18.2 Å². The molecule has 2 heterocycles. The third-order valence-corrected chi connectivity index (χ3v) is 4.43. The number of amides is 1. The van der Waals surface area contributed by atoms with Crippen LogP contribution in [0.15, 0.2) is 36.7 Å². The van der Waals surface area contributed by atoms with E-state index in [0.717, 1.165) is 45.6 Å². The quantitative estimate of drug-likeness (QED) is 0.795. The molecule has 1 saturated heterocycles. The lowest BCUT2D eigenvalue weighted by Crippen LogP contribution is -2.48. The Bertz CT molecular complexity index is 492. The Kier molecular flexibility index (Phi) is 4.65. The molecule has 1 aliphatic heterocycles. The zero-order valence-electron chi connectivity index (χ0n) is 12.4. The van der Waals surface area contributed by atoms with Gasteiger partial charge in [0.1, 0.15) is 0 Å². The van der Waals surface area contributed by atoms with Crippen LogP contribution in [-0.4, -0.2) is 46.9 Å². The van der Waals surface area contributed by atoms with Gasteiger partial charge >= 0.3 is 0 Å². The number of allylic oxidation sites excluding steroid dienone is 2. The van der Waals surface area contributed by atoms with Crippen molar-refractivity contribution >= 4 is 5.91 Å². The minimum Gasteiger partial charge on any atom is -0.340 e. The van der Waals surface area contributed by atoms with Gasteiger partial charge in [0.25, 0.3) is 0 Å². The zero-order valence-corrected chi connectivity index (χ0v) is 12.4. The average molecular weight is 285 g/mol. The summed E-state index contributed by atoms with van der Waals surface area (Å²) in [4.78, 5) is 20.8. The molecular weight excluding hydrogens is 262 g/mol. The lowest BCUT2D eigenvalue weighted by Gasteiger charge is -2.35. The molecule has 0 bridgehead atoms. The molecule has 1 aromatic heterocycles. The maximum absolute atomic E-state index is 12.3. The molecule has 112 valence electrons. The SMILES string of the molecule is O=C(CC1C=CCC1)N1CCN(Cc2ccncc2)CC1. The Morgan fingerprint density at radius 1 is 1.19 bits per heavy atom. The van der Waals surface area contributed by atoms with Crippen molar-refractivity contribution in [3.05, 3.63) is 42.2 Å². The standard InChI is InChI=1S/C17H23N3O/c21-17(13-15-3-1-2-4-15)20-11-9-19(10-12-20)14-16-5-7-18-8-6-16/h1,3,5-8,15H,2,4,9-14H2. The second-order valence-electron chi connectivity index (χ2n) is 5.98. The molecule has 1 aromatic rings. The van der Waals surface area contributed by atoms with E-state index < -0.39 is 0 Å². The van der Waals surface area contributed by atoms with Crippen LogP contribution in [0.1, 0.15) is 24.8 Å². The van der Waals surface area contributed by atoms with Crippen molar-refractivity contribution in [1.29, 1.82) is 0 Å². The summed E-state index contributed by atoms with van der Waals surface area (Å²) in [6.45, 7) is 4.61. The fraction of sp³-hybridized carbons (Fsp3) is 0.529. The first kappa shape index (κ1) is 14.3. The van der Waals surface area contributed by atoms with Crippen LogP contribution >= 0.6 is 0 Å². The van der Waals surface area contributed by atoms with Crippen LogP contribution in [0.4, 0.5) is 0 Å². The summed E-state index contributed by atoms with van der Waals surface area (Å²) in [7, 11) is 0. The minimum absolute atomic E-state index is 0.329. The Hall–Kier alpha value is -1.68. The van der Waals surface area contributed by atoms with Gasteiger partial charge in [-0.1, -0.05) is 12.2 Å². The van der Waals surface area contributed by atoms with Gasteiger partial charge in [-0.15, -0.1) is 0 Å². The Labute approximate surface area is 126 Å². The highest BCUT2D eigenvalue weighted by atomic mass is 16.2. The first-order valence-electron chi connectivity index (χ1n) is 7.87. The third-order valence-electron chi connectivity index (χ3n) is 4.43. The van der Waals surface area contributed by atoms with E-state index in [1.807, 2.05) is 17.3 Å². The molecule has 21 heavy (non-hydrogen) atoms. The molecule has 0 spiro atoms. The highest BCUT2D eigenvalue weighted by molar-refractivity contribution is 5.76. The second-order valence-corrected chi connectivity index (χ2v) is 5.98. The van der Waals surface area contributed by atoms with E-state index in [2.05, 4.69) is 34.2 Å². The van der Waals surface area contributed by atoms with E-state index in [9.17, 15) is 4.79 Å². The lowest BCUT2D eigenvalue weighted by molar-refractivity contribution is -0.133. The zero-order chi connectivity index (χ0) is 14.5. The van der Waals surface area contributed by atoms with Crippen LogP contribution in [0.25, 0.3) is 0 Å². The summed E-state index contributed by atoms with van der Waals surface area (Å²) in [5, 5.41) is 0. The van der Waals surface area contributed by atoms with Gasteiger partial charge < -0.3 is 4.90 Å². The normalized spacial score (nSPS) is 22.7. The number of hydrogen-bond donors (Lipinski definition) is 0. The van der Waals surface area contributed by atoms with Gasteiger partial charge in [-0.25, -0.2) is 0 Å². The Balaban J connectivity index is 1.44. The minimum atomic E-state index is 0.329. The Morgan fingerprint density at radius 3 is 2.62 bits per heavy atom. The van der Waals surface area contributed by atoms with E-state index in [4.69, 9.17) is 0 Å². The lowest BCUT2D eigenvalue weighted by atomic mass is 10.0. The largest absolute Gasteiger partial charge is 0.340 e. The van der Waals surface area contributed by atoms with Crippen molar-refractivity contribution in [3.8, 4) is 0 Å². The first-order valence-corrected chi connectivity index (χ1v) is 7.87. The van der Waals surface area contributed by atoms with E-state index >= 15 is 0 Å². The van der Waals surface area contributed by atoms with Crippen LogP contribution in [0.5, 0.6) is 0 Å². The fourth-order valence-electron chi connectivity index (χ4n) is 3.12. The maximum atomic E-state index is 12.3. The number of hydrogen-bond acceptors (Lipinski definition) is 3. The number of nitrogens with zero attached hydrogens (tertiary/aromatic N) is 3. The molecule has 3 rings (SSSR count). The molecule has 0 radical (unpaired) electrons. The third kappa shape index (κ3) is 3.91. The van der Waals surface area contributed by atoms with Gasteiger partial charge in [0.15, 0.2) is 0 Å². The van der Waals surface area contributed by atoms with Gasteiger partial charge in [0.05, 0.1) is 0 Å². The van der Waals surface area contributed by atoms with Gasteiger partial charge in [-0.05, 0) is 36.5 Å². The van der Waals surface area contributed by atoms with E-state index in [1.165, 1.54) is 5.56 Å². The van der Waals surface area contributed by atoms with Crippen molar-refractivity contribution in [2.45, 2.75) is 25.8 Å². The summed E-state index contributed by atoms with van der Waals surface area (Å²) in [6, 6.07) is 4.12. The van der Waals surface area contributed by atoms with Gasteiger partial charge in [-0.3, -0.25) is 14.7 Å². The molecule has 1 amide bonds. The van der Waals surface area contributed by atoms with E-state index in [1.54, 1.807) is 0 Å². The van der Waals surface area contributed by atoms with Gasteiger partial charge in [0.2, 0.25) is 5.91 Å². The van der Waals surface area contributed by atoms with Crippen molar-refractivity contribution in [3.63, 3.8) is 0 Å². The molecular formula is C17H23N3O. The van der Waals surface area contributed by atoms with Crippen LogP contribution in [-0.2, 0) is 11.3 Å². The fourth-order valence-corrected chi connectivity index (χ4v) is 3.12. The molecule has 4 heteroatoms. The predicted octanol–water partition coefficient (Wildman–Crippen LogP) is 2.08. The summed E-state index contributed by atoms with van der Waals surface area (Å²) < 4.78 is 0. The molecule has 0 N–H and O–H groups in total. The molecule has 1 atom stereocenters.